The molecule has 0 saturated carbocycles. The summed E-state index contributed by atoms with van der Waals surface area (Å²) in [6.07, 6.45) is 1.51. The summed E-state index contributed by atoms with van der Waals surface area (Å²) in [5.41, 5.74) is 5.95. The normalized spacial score (nSPS) is 10.8. The van der Waals surface area contributed by atoms with Gasteiger partial charge in [0.15, 0.2) is 5.69 Å². The van der Waals surface area contributed by atoms with Crippen molar-refractivity contribution in [3.8, 4) is 0 Å². The molecule has 0 radical (unpaired) electrons. The highest BCUT2D eigenvalue weighted by Crippen LogP contribution is 2.10. The lowest BCUT2D eigenvalue weighted by Gasteiger charge is -2.09. The Hall–Kier alpha value is -0.890. The van der Waals surface area contributed by atoms with Gasteiger partial charge in [0.1, 0.15) is 5.01 Å². The fourth-order valence-corrected chi connectivity index (χ4v) is 2.13. The van der Waals surface area contributed by atoms with E-state index in [1.165, 1.54) is 11.3 Å². The molecule has 122 valence electrons. The van der Waals surface area contributed by atoms with Gasteiger partial charge in [-0.3, -0.25) is 4.79 Å². The second-order valence-corrected chi connectivity index (χ2v) is 4.90. The number of esters is 1. The predicted octanol–water partition coefficient (Wildman–Crippen LogP) is 1.91. The Morgan fingerprint density at radius 1 is 1.43 bits per heavy atom. The molecule has 1 rings (SSSR count). The van der Waals surface area contributed by atoms with Gasteiger partial charge in [0.05, 0.1) is 19.2 Å². The summed E-state index contributed by atoms with van der Waals surface area (Å²) in [7, 11) is 0. The van der Waals surface area contributed by atoms with Crippen LogP contribution in [0.25, 0.3) is 0 Å². The van der Waals surface area contributed by atoms with Crippen LogP contribution in [-0.2, 0) is 16.1 Å². The Balaban J connectivity index is 0. The van der Waals surface area contributed by atoms with E-state index in [4.69, 9.17) is 10.5 Å². The van der Waals surface area contributed by atoms with Gasteiger partial charge in [-0.1, -0.05) is 13.3 Å². The van der Waals surface area contributed by atoms with Gasteiger partial charge in [-0.2, -0.15) is 0 Å². The quantitative estimate of drug-likeness (QED) is 0.726. The topological polar surface area (TPSA) is 94.3 Å². The molecule has 9 heteroatoms. The summed E-state index contributed by atoms with van der Waals surface area (Å²) in [4.78, 5) is 27.1. The van der Waals surface area contributed by atoms with Gasteiger partial charge in [-0.25, -0.2) is 9.78 Å². The molecule has 0 bridgehead atoms. The van der Waals surface area contributed by atoms with Crippen LogP contribution in [0.4, 0.5) is 0 Å². The van der Waals surface area contributed by atoms with Crippen LogP contribution in [0.1, 0.15) is 42.2 Å². The van der Waals surface area contributed by atoms with E-state index in [9.17, 15) is 9.59 Å². The Morgan fingerprint density at radius 2 is 2.10 bits per heavy atom. The molecule has 21 heavy (non-hydrogen) atoms. The van der Waals surface area contributed by atoms with Gasteiger partial charge in [-0.05, 0) is 13.3 Å². The number of carbonyl (C=O) groups is 2. The number of nitrogens with zero attached hydrogens (tertiary/aromatic N) is 1. The Labute approximate surface area is 140 Å². The van der Waals surface area contributed by atoms with Crippen LogP contribution in [0.5, 0.6) is 0 Å². The molecule has 0 saturated heterocycles. The van der Waals surface area contributed by atoms with Crippen LogP contribution < -0.4 is 11.1 Å². The first kappa shape index (κ1) is 22.4. The number of hydrogen-bond acceptors (Lipinski definition) is 6. The zero-order valence-electron chi connectivity index (χ0n) is 12.0. The number of carbonyl (C=O) groups excluding carboxylic acids is 2. The SMILES string of the molecule is CCCC(N)C(=O)NCc1nc(C(=O)OCC)cs1.Cl.Cl. The van der Waals surface area contributed by atoms with Gasteiger partial charge in [-0.15, -0.1) is 36.2 Å². The van der Waals surface area contributed by atoms with Crippen LogP contribution in [0, 0.1) is 0 Å². The second-order valence-electron chi connectivity index (χ2n) is 3.96. The minimum Gasteiger partial charge on any atom is -0.461 e. The molecule has 1 heterocycles. The highest BCUT2D eigenvalue weighted by molar-refractivity contribution is 7.09. The van der Waals surface area contributed by atoms with E-state index >= 15 is 0 Å². The Kier molecular flexibility index (Phi) is 12.5. The van der Waals surface area contributed by atoms with Gasteiger partial charge in [0, 0.05) is 5.38 Å². The molecular formula is C12H21Cl2N3O3S. The lowest BCUT2D eigenvalue weighted by Crippen LogP contribution is -2.40. The van der Waals surface area contributed by atoms with E-state index in [0.29, 0.717) is 18.0 Å². The first-order chi connectivity index (χ1) is 9.08. The third-order valence-electron chi connectivity index (χ3n) is 2.39. The number of hydrogen-bond donors (Lipinski definition) is 2. The Bertz CT molecular complexity index is 443. The third kappa shape index (κ3) is 7.61. The fourth-order valence-electron chi connectivity index (χ4n) is 1.43. The highest BCUT2D eigenvalue weighted by Gasteiger charge is 2.14. The van der Waals surface area contributed by atoms with Crippen molar-refractivity contribution in [3.63, 3.8) is 0 Å². The molecule has 0 aliphatic rings. The Morgan fingerprint density at radius 3 is 2.67 bits per heavy atom. The van der Waals surface area contributed by atoms with Gasteiger partial charge >= 0.3 is 5.97 Å². The highest BCUT2D eigenvalue weighted by atomic mass is 35.5. The lowest BCUT2D eigenvalue weighted by atomic mass is 10.2. The molecule has 0 aliphatic heterocycles. The maximum Gasteiger partial charge on any atom is 0.357 e. The average Bonchev–Trinajstić information content (AvgIpc) is 2.85. The van der Waals surface area contributed by atoms with Crippen molar-refractivity contribution in [2.45, 2.75) is 39.3 Å². The standard InChI is InChI=1S/C12H19N3O3S.2ClH/c1-3-5-8(13)11(16)14-6-10-15-9(7-19-10)12(17)18-4-2;;/h7-8H,3-6,13H2,1-2H3,(H,14,16);2*1H. The number of rotatable bonds is 7. The number of aromatic nitrogens is 1. The van der Waals surface area contributed by atoms with Crippen molar-refractivity contribution < 1.29 is 14.3 Å². The van der Waals surface area contributed by atoms with Crippen molar-refractivity contribution >= 4 is 48.0 Å². The van der Waals surface area contributed by atoms with E-state index in [0.717, 1.165) is 6.42 Å². The van der Waals surface area contributed by atoms with Crippen molar-refractivity contribution in [2.24, 2.45) is 5.73 Å². The molecule has 3 N–H and O–H groups in total. The van der Waals surface area contributed by atoms with Crippen molar-refractivity contribution in [1.29, 1.82) is 0 Å². The molecule has 1 amide bonds. The van der Waals surface area contributed by atoms with E-state index in [-0.39, 0.29) is 43.0 Å². The summed E-state index contributed by atoms with van der Waals surface area (Å²) in [5.74, 6) is -0.645. The van der Waals surface area contributed by atoms with E-state index in [2.05, 4.69) is 10.3 Å². The number of nitrogens with two attached hydrogens (primary N) is 1. The largest absolute Gasteiger partial charge is 0.461 e. The molecule has 0 spiro atoms. The molecule has 0 fully saturated rings. The smallest absolute Gasteiger partial charge is 0.357 e. The summed E-state index contributed by atoms with van der Waals surface area (Å²) < 4.78 is 4.83. The van der Waals surface area contributed by atoms with Crippen molar-refractivity contribution in [2.75, 3.05) is 6.61 Å². The van der Waals surface area contributed by atoms with Crippen LogP contribution >= 0.6 is 36.2 Å². The minimum atomic E-state index is -0.491. The number of nitrogens with one attached hydrogen (secondary N) is 1. The third-order valence-corrected chi connectivity index (χ3v) is 3.24. The number of halogens is 2. The molecule has 1 aromatic heterocycles. The molecule has 6 nitrogen and oxygen atoms in total. The molecule has 0 aromatic carbocycles. The summed E-state index contributed by atoms with van der Waals surface area (Å²) in [5, 5.41) is 4.97. The monoisotopic (exact) mass is 357 g/mol. The van der Waals surface area contributed by atoms with Crippen LogP contribution in [0.2, 0.25) is 0 Å². The lowest BCUT2D eigenvalue weighted by molar-refractivity contribution is -0.122. The van der Waals surface area contributed by atoms with E-state index < -0.39 is 12.0 Å². The van der Waals surface area contributed by atoms with Crippen molar-refractivity contribution in [1.82, 2.24) is 10.3 Å². The van der Waals surface area contributed by atoms with Crippen LogP contribution in [0.3, 0.4) is 0 Å². The first-order valence-electron chi connectivity index (χ1n) is 6.23. The van der Waals surface area contributed by atoms with Crippen molar-refractivity contribution in [3.05, 3.63) is 16.1 Å². The molecule has 0 aliphatic carbocycles. The zero-order valence-corrected chi connectivity index (χ0v) is 14.4. The molecule has 1 unspecified atom stereocenters. The number of thiazole rings is 1. The molecular weight excluding hydrogens is 337 g/mol. The number of amides is 1. The maximum absolute atomic E-state index is 11.6. The summed E-state index contributed by atoms with van der Waals surface area (Å²) in [6, 6.07) is -0.491. The van der Waals surface area contributed by atoms with Crippen LogP contribution in [0.15, 0.2) is 5.38 Å². The maximum atomic E-state index is 11.6. The molecule has 1 atom stereocenters. The van der Waals surface area contributed by atoms with E-state index in [1.807, 2.05) is 6.92 Å². The van der Waals surface area contributed by atoms with Gasteiger partial charge in [0.2, 0.25) is 5.91 Å². The fraction of sp³-hybridized carbons (Fsp3) is 0.583. The number of ether oxygens (including phenoxy) is 1. The van der Waals surface area contributed by atoms with Gasteiger partial charge in [0.25, 0.3) is 0 Å². The average molecular weight is 358 g/mol. The van der Waals surface area contributed by atoms with E-state index in [1.54, 1.807) is 12.3 Å². The summed E-state index contributed by atoms with van der Waals surface area (Å²) in [6.45, 7) is 4.30. The zero-order chi connectivity index (χ0) is 14.3. The minimum absolute atomic E-state index is 0. The predicted molar refractivity (Wildman–Crippen MR) is 87.3 cm³/mol. The first-order valence-corrected chi connectivity index (χ1v) is 7.11. The van der Waals surface area contributed by atoms with Gasteiger partial charge < -0.3 is 15.8 Å². The summed E-state index contributed by atoms with van der Waals surface area (Å²) >= 11 is 1.30. The molecule has 1 aromatic rings. The second kappa shape index (κ2) is 11.7. The van der Waals surface area contributed by atoms with Crippen LogP contribution in [-0.4, -0.2) is 29.5 Å².